The lowest BCUT2D eigenvalue weighted by molar-refractivity contribution is 0.122. The Balaban J connectivity index is 1.58. The Hall–Kier alpha value is -2.78. The van der Waals surface area contributed by atoms with E-state index >= 15 is 0 Å². The second-order valence-corrected chi connectivity index (χ2v) is 7.49. The van der Waals surface area contributed by atoms with Crippen LogP contribution in [0.2, 0.25) is 0 Å². The predicted octanol–water partition coefficient (Wildman–Crippen LogP) is 5.17. The van der Waals surface area contributed by atoms with Gasteiger partial charge in [0.2, 0.25) is 0 Å². The highest BCUT2D eigenvalue weighted by molar-refractivity contribution is 5.78. The normalized spacial score (nSPS) is 16.6. The van der Waals surface area contributed by atoms with Crippen LogP contribution in [0.15, 0.2) is 72.8 Å². The first-order valence-electron chi connectivity index (χ1n) is 10.2. The number of fused-ring (bicyclic) bond motifs is 2. The van der Waals surface area contributed by atoms with Crippen molar-refractivity contribution in [1.82, 2.24) is 0 Å². The lowest BCUT2D eigenvalue weighted by atomic mass is 9.80. The molecule has 2 heterocycles. The predicted molar refractivity (Wildman–Crippen MR) is 116 cm³/mol. The maximum absolute atomic E-state index is 5.49. The summed E-state index contributed by atoms with van der Waals surface area (Å²) in [7, 11) is 0. The summed E-state index contributed by atoms with van der Waals surface area (Å²) in [5, 5.41) is 0. The molecule has 3 aromatic carbocycles. The molecule has 3 heteroatoms. The molecule has 0 aromatic heterocycles. The average Bonchev–Trinajstić information content (AvgIpc) is 2.78. The van der Waals surface area contributed by atoms with Crippen molar-refractivity contribution in [3.8, 4) is 0 Å². The lowest BCUT2D eigenvalue weighted by Crippen LogP contribution is -2.36. The van der Waals surface area contributed by atoms with Crippen molar-refractivity contribution in [2.45, 2.75) is 12.8 Å². The zero-order valence-corrected chi connectivity index (χ0v) is 16.3. The van der Waals surface area contributed by atoms with E-state index in [0.29, 0.717) is 0 Å². The van der Waals surface area contributed by atoms with E-state index in [0.717, 1.165) is 32.8 Å². The molecular weight excluding hydrogens is 344 g/mol. The van der Waals surface area contributed by atoms with Crippen molar-refractivity contribution < 1.29 is 4.74 Å². The molecule has 2 aliphatic rings. The van der Waals surface area contributed by atoms with Crippen molar-refractivity contribution >= 4 is 17.1 Å². The minimum absolute atomic E-state index is 0.272. The number of rotatable bonds is 3. The number of hydrogen-bond donors (Lipinski definition) is 0. The van der Waals surface area contributed by atoms with Crippen molar-refractivity contribution in [2.75, 3.05) is 42.6 Å². The molecule has 5 rings (SSSR count). The highest BCUT2D eigenvalue weighted by atomic mass is 16.5. The van der Waals surface area contributed by atoms with Gasteiger partial charge in [0.05, 0.1) is 13.2 Å². The Morgan fingerprint density at radius 1 is 0.786 bits per heavy atom. The van der Waals surface area contributed by atoms with Crippen LogP contribution in [-0.2, 0) is 4.74 Å². The third-order valence-electron chi connectivity index (χ3n) is 6.00. The van der Waals surface area contributed by atoms with Crippen molar-refractivity contribution in [1.29, 1.82) is 0 Å². The van der Waals surface area contributed by atoms with Crippen LogP contribution in [0.5, 0.6) is 0 Å². The first kappa shape index (κ1) is 17.3. The van der Waals surface area contributed by atoms with Crippen LogP contribution in [0.1, 0.15) is 29.5 Å². The largest absolute Gasteiger partial charge is 0.378 e. The molecule has 1 saturated heterocycles. The van der Waals surface area contributed by atoms with Gasteiger partial charge in [-0.05, 0) is 47.9 Å². The Morgan fingerprint density at radius 2 is 1.36 bits per heavy atom. The number of hydrogen-bond acceptors (Lipinski definition) is 3. The quantitative estimate of drug-likeness (QED) is 0.632. The van der Waals surface area contributed by atoms with Crippen LogP contribution in [-0.4, -0.2) is 32.8 Å². The van der Waals surface area contributed by atoms with E-state index in [9.17, 15) is 0 Å². The van der Waals surface area contributed by atoms with Crippen LogP contribution in [0.3, 0.4) is 0 Å². The van der Waals surface area contributed by atoms with Gasteiger partial charge in [-0.1, -0.05) is 48.5 Å². The van der Waals surface area contributed by atoms with E-state index in [2.05, 4.69) is 89.5 Å². The van der Waals surface area contributed by atoms with Crippen LogP contribution < -0.4 is 9.80 Å². The Kier molecular flexibility index (Phi) is 4.53. The van der Waals surface area contributed by atoms with Gasteiger partial charge in [0.15, 0.2) is 0 Å². The van der Waals surface area contributed by atoms with Gasteiger partial charge in [0.25, 0.3) is 0 Å². The number of ether oxygens (including phenoxy) is 1. The molecule has 1 fully saturated rings. The summed E-state index contributed by atoms with van der Waals surface area (Å²) in [5.41, 5.74) is 8.08. The topological polar surface area (TPSA) is 15.7 Å². The molecule has 0 bridgehead atoms. The second kappa shape index (κ2) is 7.33. The van der Waals surface area contributed by atoms with Crippen molar-refractivity contribution in [3.63, 3.8) is 0 Å². The first-order chi connectivity index (χ1) is 13.9. The fourth-order valence-electron chi connectivity index (χ4n) is 4.65. The van der Waals surface area contributed by atoms with Gasteiger partial charge in [-0.15, -0.1) is 0 Å². The SMILES string of the molecule is CCN1c2ccccc2C(c2ccc(N3CCOCC3)cc2)c2ccccc21. The summed E-state index contributed by atoms with van der Waals surface area (Å²) in [5.74, 6) is 0.272. The minimum Gasteiger partial charge on any atom is -0.378 e. The van der Waals surface area contributed by atoms with Gasteiger partial charge in [0.1, 0.15) is 0 Å². The zero-order chi connectivity index (χ0) is 18.9. The summed E-state index contributed by atoms with van der Waals surface area (Å²) in [6.07, 6.45) is 0. The number of para-hydroxylation sites is 2. The van der Waals surface area contributed by atoms with Gasteiger partial charge in [-0.25, -0.2) is 0 Å². The molecule has 0 spiro atoms. The molecule has 142 valence electrons. The van der Waals surface area contributed by atoms with E-state index in [-0.39, 0.29) is 5.92 Å². The molecule has 0 radical (unpaired) electrons. The standard InChI is InChI=1S/C25H26N2O/c1-2-27-23-9-5-3-7-21(23)25(22-8-4-6-10-24(22)27)19-11-13-20(14-12-19)26-15-17-28-18-16-26/h3-14,25H,2,15-18H2,1H3. The molecule has 0 unspecified atom stereocenters. The zero-order valence-electron chi connectivity index (χ0n) is 16.3. The number of benzene rings is 3. The van der Waals surface area contributed by atoms with E-state index in [1.54, 1.807) is 0 Å². The number of nitrogens with zero attached hydrogens (tertiary/aromatic N) is 2. The number of morpholine rings is 1. The van der Waals surface area contributed by atoms with Gasteiger partial charge in [0, 0.05) is 42.6 Å². The molecule has 0 amide bonds. The van der Waals surface area contributed by atoms with Crippen molar-refractivity contribution in [3.05, 3.63) is 89.5 Å². The Labute approximate surface area is 167 Å². The summed E-state index contributed by atoms with van der Waals surface area (Å²) in [6.45, 7) is 6.78. The Morgan fingerprint density at radius 3 is 1.93 bits per heavy atom. The monoisotopic (exact) mass is 370 g/mol. The van der Waals surface area contributed by atoms with Crippen LogP contribution >= 0.6 is 0 Å². The van der Waals surface area contributed by atoms with Crippen LogP contribution in [0.4, 0.5) is 17.1 Å². The molecule has 3 aromatic rings. The van der Waals surface area contributed by atoms with Gasteiger partial charge < -0.3 is 14.5 Å². The van der Waals surface area contributed by atoms with Crippen LogP contribution in [0.25, 0.3) is 0 Å². The van der Waals surface area contributed by atoms with Crippen molar-refractivity contribution in [2.24, 2.45) is 0 Å². The minimum atomic E-state index is 0.272. The third kappa shape index (κ3) is 2.87. The highest BCUT2D eigenvalue weighted by Crippen LogP contribution is 2.48. The maximum atomic E-state index is 5.49. The molecular formula is C25H26N2O. The van der Waals surface area contributed by atoms with E-state index in [1.807, 2.05) is 0 Å². The maximum Gasteiger partial charge on any atom is 0.0642 e. The fourth-order valence-corrected chi connectivity index (χ4v) is 4.65. The fraction of sp³-hybridized carbons (Fsp3) is 0.280. The first-order valence-corrected chi connectivity index (χ1v) is 10.2. The van der Waals surface area contributed by atoms with Crippen LogP contribution in [0, 0.1) is 0 Å². The lowest BCUT2D eigenvalue weighted by Gasteiger charge is -2.37. The molecule has 0 aliphatic carbocycles. The average molecular weight is 370 g/mol. The Bertz CT molecular complexity index is 913. The molecule has 2 aliphatic heterocycles. The summed E-state index contributed by atoms with van der Waals surface area (Å²) < 4.78 is 5.49. The molecule has 28 heavy (non-hydrogen) atoms. The van der Waals surface area contributed by atoms with E-state index < -0.39 is 0 Å². The molecule has 0 N–H and O–H groups in total. The smallest absolute Gasteiger partial charge is 0.0642 e. The third-order valence-corrected chi connectivity index (χ3v) is 6.00. The number of anilines is 3. The van der Waals surface area contributed by atoms with E-state index in [4.69, 9.17) is 4.74 Å². The second-order valence-electron chi connectivity index (χ2n) is 7.49. The molecule has 0 atom stereocenters. The summed E-state index contributed by atoms with van der Waals surface area (Å²) >= 11 is 0. The van der Waals surface area contributed by atoms with Gasteiger partial charge >= 0.3 is 0 Å². The molecule has 0 saturated carbocycles. The molecule has 3 nitrogen and oxygen atoms in total. The highest BCUT2D eigenvalue weighted by Gasteiger charge is 2.30. The van der Waals surface area contributed by atoms with Gasteiger partial charge in [-0.2, -0.15) is 0 Å². The summed E-state index contributed by atoms with van der Waals surface area (Å²) in [6, 6.07) is 26.9. The van der Waals surface area contributed by atoms with E-state index in [1.165, 1.54) is 33.8 Å². The van der Waals surface area contributed by atoms with Gasteiger partial charge in [-0.3, -0.25) is 0 Å². The summed E-state index contributed by atoms with van der Waals surface area (Å²) in [4.78, 5) is 4.85.